The molecule has 0 aromatic heterocycles. The second-order valence-electron chi connectivity index (χ2n) is 7.71. The molecule has 3 fully saturated rings. The Hall–Kier alpha value is -1.39. The van der Waals surface area contributed by atoms with E-state index in [1.54, 1.807) is 0 Å². The van der Waals surface area contributed by atoms with E-state index in [4.69, 9.17) is 4.74 Å². The molecule has 1 aromatic carbocycles. The summed E-state index contributed by atoms with van der Waals surface area (Å²) in [5.41, 5.74) is 1.21. The Balaban J connectivity index is 1.56. The molecular weight excluding hydrogens is 300 g/mol. The van der Waals surface area contributed by atoms with E-state index in [1.165, 1.54) is 5.56 Å². The molecule has 2 atom stereocenters. The van der Waals surface area contributed by atoms with Gasteiger partial charge in [-0.3, -0.25) is 9.69 Å². The van der Waals surface area contributed by atoms with Crippen LogP contribution in [0.1, 0.15) is 44.6 Å². The van der Waals surface area contributed by atoms with Crippen molar-refractivity contribution in [2.75, 3.05) is 19.8 Å². The van der Waals surface area contributed by atoms with Crippen molar-refractivity contribution in [3.8, 4) is 0 Å². The number of piperidine rings is 1. The molecule has 0 aliphatic carbocycles. The number of carbonyl (C=O) groups is 1. The number of ether oxygens (including phenoxy) is 1. The van der Waals surface area contributed by atoms with Crippen molar-refractivity contribution >= 4 is 5.91 Å². The normalized spacial score (nSPS) is 32.1. The van der Waals surface area contributed by atoms with Crippen molar-refractivity contribution in [2.45, 2.75) is 63.2 Å². The van der Waals surface area contributed by atoms with E-state index in [1.807, 2.05) is 6.07 Å². The highest BCUT2D eigenvalue weighted by Crippen LogP contribution is 2.43. The molecule has 4 rings (SSSR count). The second-order valence-corrected chi connectivity index (χ2v) is 7.71. The van der Waals surface area contributed by atoms with Crippen molar-refractivity contribution in [1.82, 2.24) is 9.80 Å². The smallest absolute Gasteiger partial charge is 0.223 e. The van der Waals surface area contributed by atoms with Crippen LogP contribution in [-0.2, 0) is 16.1 Å². The summed E-state index contributed by atoms with van der Waals surface area (Å²) < 4.78 is 5.55. The number of hydrogen-bond donors (Lipinski definition) is 0. The van der Waals surface area contributed by atoms with Gasteiger partial charge in [0.15, 0.2) is 0 Å². The highest BCUT2D eigenvalue weighted by molar-refractivity contribution is 5.78. The summed E-state index contributed by atoms with van der Waals surface area (Å²) in [6.45, 7) is 5.95. The van der Waals surface area contributed by atoms with Gasteiger partial charge in [-0.2, -0.15) is 0 Å². The molecule has 4 heteroatoms. The molecule has 0 radical (unpaired) electrons. The number of rotatable bonds is 3. The average molecular weight is 328 g/mol. The molecule has 3 aliphatic heterocycles. The van der Waals surface area contributed by atoms with Crippen LogP contribution in [0.2, 0.25) is 0 Å². The van der Waals surface area contributed by atoms with Gasteiger partial charge in [0.2, 0.25) is 5.91 Å². The monoisotopic (exact) mass is 328 g/mol. The predicted octanol–water partition coefficient (Wildman–Crippen LogP) is 2.82. The second kappa shape index (κ2) is 6.49. The molecule has 3 heterocycles. The fourth-order valence-electron chi connectivity index (χ4n) is 5.00. The average Bonchev–Trinajstić information content (AvgIpc) is 2.97. The third-order valence-electron chi connectivity index (χ3n) is 6.39. The van der Waals surface area contributed by atoms with E-state index in [0.717, 1.165) is 52.0 Å². The first-order valence-electron chi connectivity index (χ1n) is 9.36. The van der Waals surface area contributed by atoms with Crippen LogP contribution in [0.25, 0.3) is 0 Å². The van der Waals surface area contributed by atoms with Crippen LogP contribution in [-0.4, -0.2) is 53.1 Å². The van der Waals surface area contributed by atoms with Crippen molar-refractivity contribution in [3.05, 3.63) is 35.9 Å². The first-order chi connectivity index (χ1) is 11.7. The van der Waals surface area contributed by atoms with Crippen molar-refractivity contribution in [2.24, 2.45) is 0 Å². The first-order valence-corrected chi connectivity index (χ1v) is 9.36. The number of amides is 1. The van der Waals surface area contributed by atoms with Gasteiger partial charge in [0.05, 0.1) is 5.54 Å². The van der Waals surface area contributed by atoms with E-state index in [0.29, 0.717) is 24.4 Å². The number of hydrogen-bond acceptors (Lipinski definition) is 3. The van der Waals surface area contributed by atoms with Crippen LogP contribution in [0.4, 0.5) is 0 Å². The van der Waals surface area contributed by atoms with Gasteiger partial charge in [-0.1, -0.05) is 30.3 Å². The Morgan fingerprint density at radius 1 is 1.17 bits per heavy atom. The van der Waals surface area contributed by atoms with Crippen molar-refractivity contribution in [3.63, 3.8) is 0 Å². The van der Waals surface area contributed by atoms with Crippen LogP contribution < -0.4 is 0 Å². The fourth-order valence-corrected chi connectivity index (χ4v) is 5.00. The third kappa shape index (κ3) is 2.76. The van der Waals surface area contributed by atoms with Crippen molar-refractivity contribution < 1.29 is 9.53 Å². The Morgan fingerprint density at radius 2 is 1.92 bits per heavy atom. The minimum absolute atomic E-state index is 0.0243. The molecule has 3 aliphatic rings. The molecule has 0 spiro atoms. The van der Waals surface area contributed by atoms with Crippen molar-refractivity contribution in [1.29, 1.82) is 0 Å². The number of carbonyl (C=O) groups excluding carboxylic acids is 1. The van der Waals surface area contributed by atoms with E-state index in [2.05, 4.69) is 41.0 Å². The Kier molecular flexibility index (Phi) is 4.35. The summed E-state index contributed by atoms with van der Waals surface area (Å²) in [4.78, 5) is 17.6. The molecular formula is C20H28N2O2. The van der Waals surface area contributed by atoms with Gasteiger partial charge in [-0.05, 0) is 38.2 Å². The minimum atomic E-state index is -0.0243. The lowest BCUT2D eigenvalue weighted by Crippen LogP contribution is -2.61. The van der Waals surface area contributed by atoms with Gasteiger partial charge >= 0.3 is 0 Å². The van der Waals surface area contributed by atoms with Gasteiger partial charge in [0.25, 0.3) is 0 Å². The van der Waals surface area contributed by atoms with Crippen LogP contribution >= 0.6 is 0 Å². The molecule has 1 aromatic rings. The third-order valence-corrected chi connectivity index (χ3v) is 6.39. The van der Waals surface area contributed by atoms with Gasteiger partial charge in [-0.15, -0.1) is 0 Å². The number of nitrogens with zero attached hydrogens (tertiary/aromatic N) is 2. The zero-order chi connectivity index (χ0) is 16.6. The molecule has 24 heavy (non-hydrogen) atoms. The quantitative estimate of drug-likeness (QED) is 0.855. The maximum atomic E-state index is 12.7. The summed E-state index contributed by atoms with van der Waals surface area (Å²) in [7, 11) is 0. The molecule has 130 valence electrons. The highest BCUT2D eigenvalue weighted by Gasteiger charge is 2.53. The molecule has 1 amide bonds. The Labute approximate surface area is 144 Å². The number of benzene rings is 1. The largest absolute Gasteiger partial charge is 0.381 e. The molecule has 0 saturated carbocycles. The zero-order valence-electron chi connectivity index (χ0n) is 14.6. The molecule has 0 N–H and O–H groups in total. The minimum Gasteiger partial charge on any atom is -0.381 e. The lowest BCUT2D eigenvalue weighted by molar-refractivity contribution is -0.145. The zero-order valence-corrected chi connectivity index (χ0v) is 14.6. The van der Waals surface area contributed by atoms with Gasteiger partial charge in [0, 0.05) is 44.8 Å². The maximum Gasteiger partial charge on any atom is 0.223 e. The van der Waals surface area contributed by atoms with Crippen LogP contribution in [0, 0.1) is 0 Å². The standard InChI is InChI=1S/C20H28N2O2/c1-20-11-12-21(17-9-13-24-14-10-17)18(20)7-8-19(23)22(20)15-16-5-3-2-4-6-16/h2-6,17-18H,7-15H2,1H3/t18-,20-/m0/s1. The molecule has 0 unspecified atom stereocenters. The summed E-state index contributed by atoms with van der Waals surface area (Å²) in [5.74, 6) is 0.325. The van der Waals surface area contributed by atoms with Crippen LogP contribution in [0.5, 0.6) is 0 Å². The number of likely N-dealkylation sites (tertiary alicyclic amines) is 2. The SMILES string of the molecule is C[C@]12CCN(C3CCOCC3)[C@H]1CCC(=O)N2Cc1ccccc1. The topological polar surface area (TPSA) is 32.8 Å². The van der Waals surface area contributed by atoms with E-state index < -0.39 is 0 Å². The maximum absolute atomic E-state index is 12.7. The van der Waals surface area contributed by atoms with Crippen LogP contribution in [0.3, 0.4) is 0 Å². The molecule has 0 bridgehead atoms. The fraction of sp³-hybridized carbons (Fsp3) is 0.650. The number of fused-ring (bicyclic) bond motifs is 1. The Bertz CT molecular complexity index is 585. The van der Waals surface area contributed by atoms with E-state index >= 15 is 0 Å². The lowest BCUT2D eigenvalue weighted by atomic mass is 9.82. The molecule has 3 saturated heterocycles. The van der Waals surface area contributed by atoms with E-state index in [-0.39, 0.29) is 5.54 Å². The summed E-state index contributed by atoms with van der Waals surface area (Å²) in [6, 6.07) is 11.6. The molecule has 4 nitrogen and oxygen atoms in total. The summed E-state index contributed by atoms with van der Waals surface area (Å²) in [5, 5.41) is 0. The van der Waals surface area contributed by atoms with Gasteiger partial charge in [0.1, 0.15) is 0 Å². The first kappa shape index (κ1) is 16.1. The highest BCUT2D eigenvalue weighted by atomic mass is 16.5. The Morgan fingerprint density at radius 3 is 2.67 bits per heavy atom. The summed E-state index contributed by atoms with van der Waals surface area (Å²) >= 11 is 0. The predicted molar refractivity (Wildman–Crippen MR) is 93.6 cm³/mol. The van der Waals surface area contributed by atoms with E-state index in [9.17, 15) is 4.79 Å². The van der Waals surface area contributed by atoms with Crippen LogP contribution in [0.15, 0.2) is 30.3 Å². The van der Waals surface area contributed by atoms with Gasteiger partial charge in [-0.25, -0.2) is 0 Å². The van der Waals surface area contributed by atoms with Gasteiger partial charge < -0.3 is 9.64 Å². The summed E-state index contributed by atoms with van der Waals surface area (Å²) in [6.07, 6.45) is 5.07. The lowest BCUT2D eigenvalue weighted by Gasteiger charge is -2.49.